The van der Waals surface area contributed by atoms with Gasteiger partial charge in [-0.15, -0.1) is 0 Å². The molecule has 0 aliphatic carbocycles. The van der Waals surface area contributed by atoms with Crippen molar-refractivity contribution in [1.82, 2.24) is 0 Å². The first kappa shape index (κ1) is 12.1. The van der Waals surface area contributed by atoms with Crippen LogP contribution in [-0.4, -0.2) is 35.8 Å². The van der Waals surface area contributed by atoms with E-state index in [0.29, 0.717) is 13.0 Å². The molecule has 0 aliphatic heterocycles. The van der Waals surface area contributed by atoms with Crippen molar-refractivity contribution in [2.24, 2.45) is 0 Å². The second kappa shape index (κ2) is 9.22. The van der Waals surface area contributed by atoms with Crippen molar-refractivity contribution >= 4 is 27.6 Å². The van der Waals surface area contributed by atoms with Gasteiger partial charge in [-0.25, -0.2) is 0 Å². The number of rotatable bonds is 7. The van der Waals surface area contributed by atoms with Crippen LogP contribution in [0.5, 0.6) is 0 Å². The van der Waals surface area contributed by atoms with E-state index in [1.165, 1.54) is 0 Å². The molecule has 0 aromatic heterocycles. The normalized spacial score (nSPS) is 9.83. The lowest BCUT2D eigenvalue weighted by molar-refractivity contribution is -0.142. The van der Waals surface area contributed by atoms with Crippen molar-refractivity contribution in [3.05, 3.63) is 0 Å². The minimum absolute atomic E-state index is 0.150. The Morgan fingerprint density at radius 3 is 2.67 bits per heavy atom. The number of esters is 1. The number of ether oxygens (including phenoxy) is 1. The van der Waals surface area contributed by atoms with E-state index < -0.39 is 0 Å². The van der Waals surface area contributed by atoms with Crippen LogP contribution in [-0.2, 0) is 9.53 Å². The van der Waals surface area contributed by atoms with Crippen LogP contribution in [0.4, 0.5) is 0 Å². The van der Waals surface area contributed by atoms with Crippen LogP contribution in [0, 0.1) is 0 Å². The maximum Gasteiger partial charge on any atom is 0.305 e. The molecule has 0 saturated heterocycles. The third kappa shape index (κ3) is 8.23. The highest BCUT2D eigenvalue weighted by Crippen LogP contribution is 2.19. The van der Waals surface area contributed by atoms with Crippen LogP contribution < -0.4 is 0 Å². The molecule has 0 aromatic carbocycles. The zero-order chi connectivity index (χ0) is 9.23. The lowest BCUT2D eigenvalue weighted by Gasteiger charge is -2.01. The largest absolute Gasteiger partial charge is 0.465 e. The van der Waals surface area contributed by atoms with Gasteiger partial charge in [-0.3, -0.25) is 4.79 Å². The molecule has 3 nitrogen and oxygen atoms in total. The van der Waals surface area contributed by atoms with Crippen molar-refractivity contribution in [3.8, 4) is 0 Å². The third-order valence-electron chi connectivity index (χ3n) is 0.976. The van der Waals surface area contributed by atoms with Crippen molar-refractivity contribution in [2.75, 3.05) is 24.7 Å². The fourth-order valence-corrected chi connectivity index (χ4v) is 2.04. The van der Waals surface area contributed by atoms with E-state index in [1.54, 1.807) is 28.5 Å². The van der Waals surface area contributed by atoms with Gasteiger partial charge in [0.1, 0.15) is 6.61 Å². The predicted octanol–water partition coefficient (Wildman–Crippen LogP) is 1.31. The molecule has 12 heavy (non-hydrogen) atoms. The summed E-state index contributed by atoms with van der Waals surface area (Å²) in [6.07, 6.45) is 0.439. The molecule has 5 heteroatoms. The topological polar surface area (TPSA) is 46.5 Å². The second-order valence-corrected chi connectivity index (χ2v) is 4.64. The van der Waals surface area contributed by atoms with Gasteiger partial charge in [-0.1, -0.05) is 28.5 Å². The first-order valence-corrected chi connectivity index (χ1v) is 6.31. The molecule has 0 unspecified atom stereocenters. The summed E-state index contributed by atoms with van der Waals surface area (Å²) < 4.78 is 4.84. The van der Waals surface area contributed by atoms with E-state index in [1.807, 2.05) is 0 Å². The average Bonchev–Trinajstić information content (AvgIpc) is 2.10. The van der Waals surface area contributed by atoms with Gasteiger partial charge in [0, 0.05) is 17.9 Å². The molecule has 0 saturated carbocycles. The Labute approximate surface area is 80.6 Å². The Morgan fingerprint density at radius 2 is 2.08 bits per heavy atom. The number of aliphatic hydroxyl groups is 1. The highest BCUT2D eigenvalue weighted by molar-refractivity contribution is 8.76. The molecule has 0 rings (SSSR count). The van der Waals surface area contributed by atoms with E-state index in [2.05, 4.69) is 0 Å². The minimum atomic E-state index is -0.150. The number of aliphatic hydroxyl groups excluding tert-OH is 1. The van der Waals surface area contributed by atoms with Gasteiger partial charge in [0.2, 0.25) is 0 Å². The van der Waals surface area contributed by atoms with Crippen LogP contribution in [0.3, 0.4) is 0 Å². The number of carbonyl (C=O) groups is 1. The third-order valence-corrected chi connectivity index (χ3v) is 3.33. The summed E-state index contributed by atoms with van der Waals surface area (Å²) in [6.45, 7) is 2.44. The van der Waals surface area contributed by atoms with Gasteiger partial charge in [0.25, 0.3) is 0 Å². The molecule has 1 N–H and O–H groups in total. The Morgan fingerprint density at radius 1 is 1.42 bits per heavy atom. The molecule has 0 bridgehead atoms. The summed E-state index contributed by atoms with van der Waals surface area (Å²) >= 11 is 0. The first-order chi connectivity index (χ1) is 5.81. The fraction of sp³-hybridized carbons (Fsp3) is 0.857. The molecule has 0 heterocycles. The van der Waals surface area contributed by atoms with Gasteiger partial charge in [-0.2, -0.15) is 0 Å². The Kier molecular flexibility index (Phi) is 9.32. The number of hydrogen-bond acceptors (Lipinski definition) is 5. The molecule has 0 fully saturated rings. The zero-order valence-corrected chi connectivity index (χ0v) is 8.75. The van der Waals surface area contributed by atoms with Gasteiger partial charge < -0.3 is 9.84 Å². The van der Waals surface area contributed by atoms with E-state index in [-0.39, 0.29) is 12.6 Å². The standard InChI is InChI=1S/C7H14O3S2/c1-2-7(9)10-4-6-12-11-5-3-8/h8H,2-6H2,1H3. The van der Waals surface area contributed by atoms with Crippen LogP contribution >= 0.6 is 21.6 Å². The highest BCUT2D eigenvalue weighted by Gasteiger charge is 1.96. The lowest BCUT2D eigenvalue weighted by Crippen LogP contribution is -2.04. The molecule has 0 radical (unpaired) electrons. The summed E-state index contributed by atoms with van der Waals surface area (Å²) in [5, 5.41) is 8.43. The van der Waals surface area contributed by atoms with E-state index in [4.69, 9.17) is 9.84 Å². The molecule has 72 valence electrons. The summed E-state index contributed by atoms with van der Waals surface area (Å²) in [4.78, 5) is 10.6. The van der Waals surface area contributed by atoms with E-state index in [9.17, 15) is 4.79 Å². The van der Waals surface area contributed by atoms with Gasteiger partial charge in [0.05, 0.1) is 6.61 Å². The summed E-state index contributed by atoms with van der Waals surface area (Å²) in [5.74, 6) is 1.37. The smallest absolute Gasteiger partial charge is 0.305 e. The van der Waals surface area contributed by atoms with Crippen molar-refractivity contribution in [3.63, 3.8) is 0 Å². The van der Waals surface area contributed by atoms with Gasteiger partial charge in [0.15, 0.2) is 0 Å². The molecular weight excluding hydrogens is 196 g/mol. The van der Waals surface area contributed by atoms with Crippen LogP contribution in [0.2, 0.25) is 0 Å². The summed E-state index contributed by atoms with van der Waals surface area (Å²) in [5.41, 5.74) is 0. The molecule has 0 aliphatic rings. The maximum atomic E-state index is 10.6. The molecule has 0 aromatic rings. The summed E-state index contributed by atoms with van der Waals surface area (Å²) in [6, 6.07) is 0. The molecule has 0 amide bonds. The van der Waals surface area contributed by atoms with Crippen LogP contribution in [0.1, 0.15) is 13.3 Å². The van der Waals surface area contributed by atoms with Crippen molar-refractivity contribution < 1.29 is 14.6 Å². The molecule has 0 atom stereocenters. The Balaban J connectivity index is 2.95. The minimum Gasteiger partial charge on any atom is -0.465 e. The van der Waals surface area contributed by atoms with E-state index in [0.717, 1.165) is 11.5 Å². The molecular formula is C7H14O3S2. The van der Waals surface area contributed by atoms with Crippen molar-refractivity contribution in [1.29, 1.82) is 0 Å². The number of hydrogen-bond donors (Lipinski definition) is 1. The SMILES string of the molecule is CCC(=O)OCCSSCCO. The van der Waals surface area contributed by atoms with E-state index >= 15 is 0 Å². The average molecular weight is 210 g/mol. The van der Waals surface area contributed by atoms with Crippen LogP contribution in [0.25, 0.3) is 0 Å². The summed E-state index contributed by atoms with van der Waals surface area (Å²) in [7, 11) is 3.20. The molecule has 0 spiro atoms. The van der Waals surface area contributed by atoms with Gasteiger partial charge >= 0.3 is 5.97 Å². The van der Waals surface area contributed by atoms with Gasteiger partial charge in [-0.05, 0) is 0 Å². The predicted molar refractivity (Wildman–Crippen MR) is 53.3 cm³/mol. The first-order valence-electron chi connectivity index (χ1n) is 3.82. The van der Waals surface area contributed by atoms with Crippen molar-refractivity contribution in [2.45, 2.75) is 13.3 Å². The zero-order valence-electron chi connectivity index (χ0n) is 7.12. The second-order valence-electron chi connectivity index (χ2n) is 1.94. The van der Waals surface area contributed by atoms with Crippen LogP contribution in [0.15, 0.2) is 0 Å². The monoisotopic (exact) mass is 210 g/mol. The highest BCUT2D eigenvalue weighted by atomic mass is 33.1. The Bertz CT molecular complexity index is 119. The fourth-order valence-electron chi connectivity index (χ4n) is 0.447. The Hall–Kier alpha value is 0.130. The lowest BCUT2D eigenvalue weighted by atomic mass is 10.5. The quantitative estimate of drug-likeness (QED) is 0.390. The number of carbonyl (C=O) groups excluding carboxylic acids is 1. The maximum absolute atomic E-state index is 10.6.